The summed E-state index contributed by atoms with van der Waals surface area (Å²) in [4.78, 5) is 0. The lowest BCUT2D eigenvalue weighted by Crippen LogP contribution is -2.07. The number of hydrogen-bond donors (Lipinski definition) is 0. The first-order valence-electron chi connectivity index (χ1n) is 8.11. The first-order valence-corrected chi connectivity index (χ1v) is 8.11. The first-order chi connectivity index (χ1) is 8.11. The molecule has 0 amide bonds. The smallest absolute Gasteiger partial charge is 0.0417 e. The molecule has 0 fully saturated rings. The molecule has 0 bridgehead atoms. The van der Waals surface area contributed by atoms with Gasteiger partial charge in [-0.25, -0.2) is 0 Å². The van der Waals surface area contributed by atoms with Crippen molar-refractivity contribution in [3.05, 3.63) is 0 Å². The van der Waals surface area contributed by atoms with Crippen LogP contribution >= 0.6 is 0 Å². The minimum Gasteiger partial charge on any atom is -0.0654 e. The van der Waals surface area contributed by atoms with Gasteiger partial charge in [0.25, 0.3) is 0 Å². The molecule has 0 aromatic carbocycles. The van der Waals surface area contributed by atoms with Crippen LogP contribution in [-0.2, 0) is 0 Å². The molecule has 0 saturated carbocycles. The molecule has 0 aliphatic rings. The molecule has 0 heteroatoms. The summed E-state index contributed by atoms with van der Waals surface area (Å²) in [5.41, 5.74) is 0. The summed E-state index contributed by atoms with van der Waals surface area (Å²) in [5, 5.41) is 0. The highest BCUT2D eigenvalue weighted by Crippen LogP contribution is 2.23. The largest absolute Gasteiger partial charge is 0.0654 e. The van der Waals surface area contributed by atoms with Gasteiger partial charge in [-0.15, -0.1) is 0 Å². The minimum atomic E-state index is 0.935. The summed E-state index contributed by atoms with van der Waals surface area (Å²) in [5.74, 6) is 2.81. The van der Waals surface area contributed by atoms with Crippen LogP contribution in [0.1, 0.15) is 92.4 Å². The fourth-order valence-electron chi connectivity index (χ4n) is 2.44. The van der Waals surface area contributed by atoms with E-state index in [2.05, 4.69) is 34.6 Å². The molecule has 0 heterocycles. The van der Waals surface area contributed by atoms with Crippen molar-refractivity contribution >= 4 is 0 Å². The maximum absolute atomic E-state index is 2.45. The molecule has 0 radical (unpaired) electrons. The molecule has 3 atom stereocenters. The zero-order valence-electron chi connectivity index (χ0n) is 13.1. The van der Waals surface area contributed by atoms with E-state index in [-0.39, 0.29) is 0 Å². The van der Waals surface area contributed by atoms with Gasteiger partial charge >= 0.3 is 0 Å². The lowest BCUT2D eigenvalue weighted by Gasteiger charge is -2.19. The predicted octanol–water partition coefficient (Wildman–Crippen LogP) is 6.45. The van der Waals surface area contributed by atoms with Crippen LogP contribution in [0.3, 0.4) is 0 Å². The first kappa shape index (κ1) is 17.0. The Bertz CT molecular complexity index is 150. The van der Waals surface area contributed by atoms with E-state index in [1.165, 1.54) is 57.8 Å². The Morgan fingerprint density at radius 1 is 0.647 bits per heavy atom. The van der Waals surface area contributed by atoms with Crippen LogP contribution in [0.4, 0.5) is 0 Å². The quantitative estimate of drug-likeness (QED) is 0.364. The molecule has 0 aliphatic carbocycles. The molecule has 0 aliphatic heterocycles. The third-order valence-corrected chi connectivity index (χ3v) is 4.54. The van der Waals surface area contributed by atoms with Crippen LogP contribution in [0.5, 0.6) is 0 Å². The van der Waals surface area contributed by atoms with Crippen molar-refractivity contribution in [2.24, 2.45) is 17.8 Å². The summed E-state index contributed by atoms with van der Waals surface area (Å²) >= 11 is 0. The summed E-state index contributed by atoms with van der Waals surface area (Å²) < 4.78 is 0. The van der Waals surface area contributed by atoms with Gasteiger partial charge in [-0.3, -0.25) is 0 Å². The second-order valence-electron chi connectivity index (χ2n) is 6.25. The molecule has 0 aromatic heterocycles. The summed E-state index contributed by atoms with van der Waals surface area (Å²) in [6.45, 7) is 11.9. The van der Waals surface area contributed by atoms with Gasteiger partial charge in [0.15, 0.2) is 0 Å². The maximum atomic E-state index is 2.45. The Morgan fingerprint density at radius 2 is 1.18 bits per heavy atom. The summed E-state index contributed by atoms with van der Waals surface area (Å²) in [6.07, 6.45) is 12.8. The maximum Gasteiger partial charge on any atom is -0.0417 e. The highest BCUT2D eigenvalue weighted by atomic mass is 14.2. The molecule has 3 unspecified atom stereocenters. The molecular weight excluding hydrogens is 204 g/mol. The summed E-state index contributed by atoms with van der Waals surface area (Å²) in [6, 6.07) is 0. The molecule has 0 N–H and O–H groups in total. The van der Waals surface area contributed by atoms with Crippen LogP contribution in [0.2, 0.25) is 0 Å². The van der Waals surface area contributed by atoms with Crippen molar-refractivity contribution in [2.75, 3.05) is 0 Å². The predicted molar refractivity (Wildman–Crippen MR) is 80.4 cm³/mol. The lowest BCUT2D eigenvalue weighted by atomic mass is 9.87. The van der Waals surface area contributed by atoms with Gasteiger partial charge in [-0.1, -0.05) is 92.4 Å². The van der Waals surface area contributed by atoms with Crippen LogP contribution in [0.15, 0.2) is 0 Å². The summed E-state index contributed by atoms with van der Waals surface area (Å²) in [7, 11) is 0. The zero-order valence-corrected chi connectivity index (χ0v) is 13.1. The van der Waals surface area contributed by atoms with E-state index in [1.807, 2.05) is 0 Å². The molecule has 104 valence electrons. The number of hydrogen-bond acceptors (Lipinski definition) is 0. The highest BCUT2D eigenvalue weighted by molar-refractivity contribution is 4.62. The Balaban J connectivity index is 3.40. The van der Waals surface area contributed by atoms with Crippen molar-refractivity contribution in [3.8, 4) is 0 Å². The van der Waals surface area contributed by atoms with Gasteiger partial charge in [0.1, 0.15) is 0 Å². The van der Waals surface area contributed by atoms with Crippen molar-refractivity contribution in [3.63, 3.8) is 0 Å². The van der Waals surface area contributed by atoms with Crippen LogP contribution in [-0.4, -0.2) is 0 Å². The number of rotatable bonds is 11. The average molecular weight is 240 g/mol. The third kappa shape index (κ3) is 9.68. The van der Waals surface area contributed by atoms with E-state index in [9.17, 15) is 0 Å². The Morgan fingerprint density at radius 3 is 1.71 bits per heavy atom. The zero-order chi connectivity index (χ0) is 13.1. The monoisotopic (exact) mass is 240 g/mol. The van der Waals surface area contributed by atoms with Gasteiger partial charge in [-0.05, 0) is 17.8 Å². The van der Waals surface area contributed by atoms with Crippen molar-refractivity contribution < 1.29 is 0 Å². The Labute approximate surface area is 111 Å². The topological polar surface area (TPSA) is 0 Å². The van der Waals surface area contributed by atoms with Gasteiger partial charge in [0.05, 0.1) is 0 Å². The normalized spacial score (nSPS) is 16.8. The van der Waals surface area contributed by atoms with Crippen LogP contribution in [0, 0.1) is 17.8 Å². The Kier molecular flexibility index (Phi) is 11.1. The molecule has 0 nitrogen and oxygen atoms in total. The van der Waals surface area contributed by atoms with Crippen LogP contribution < -0.4 is 0 Å². The van der Waals surface area contributed by atoms with Gasteiger partial charge in [-0.2, -0.15) is 0 Å². The molecule has 0 aromatic rings. The van der Waals surface area contributed by atoms with E-state index in [4.69, 9.17) is 0 Å². The van der Waals surface area contributed by atoms with Crippen molar-refractivity contribution in [1.82, 2.24) is 0 Å². The molecule has 0 rings (SSSR count). The minimum absolute atomic E-state index is 0.935. The van der Waals surface area contributed by atoms with Crippen LogP contribution in [0.25, 0.3) is 0 Å². The molecule has 0 spiro atoms. The average Bonchev–Trinajstić information content (AvgIpc) is 2.34. The van der Waals surface area contributed by atoms with Gasteiger partial charge in [0.2, 0.25) is 0 Å². The fraction of sp³-hybridized carbons (Fsp3) is 1.00. The number of unbranched alkanes of at least 4 members (excludes halogenated alkanes) is 3. The molecule has 0 saturated heterocycles. The highest BCUT2D eigenvalue weighted by Gasteiger charge is 2.11. The van der Waals surface area contributed by atoms with E-state index in [0.29, 0.717) is 0 Å². The second kappa shape index (κ2) is 11.1. The van der Waals surface area contributed by atoms with Gasteiger partial charge < -0.3 is 0 Å². The van der Waals surface area contributed by atoms with Crippen molar-refractivity contribution in [2.45, 2.75) is 92.4 Å². The van der Waals surface area contributed by atoms with Crippen molar-refractivity contribution in [1.29, 1.82) is 0 Å². The standard InChI is InChI=1S/C17H36/c1-6-8-13-16(4)17(5)14-11-9-10-12-15(3)7-2/h15-17H,6-14H2,1-5H3. The van der Waals surface area contributed by atoms with Gasteiger partial charge in [0, 0.05) is 0 Å². The Hall–Kier alpha value is 0. The third-order valence-electron chi connectivity index (χ3n) is 4.54. The molecular formula is C17H36. The second-order valence-corrected chi connectivity index (χ2v) is 6.25. The van der Waals surface area contributed by atoms with E-state index in [1.54, 1.807) is 0 Å². The molecule has 17 heavy (non-hydrogen) atoms. The fourth-order valence-corrected chi connectivity index (χ4v) is 2.44. The lowest BCUT2D eigenvalue weighted by molar-refractivity contribution is 0.323. The van der Waals surface area contributed by atoms with E-state index < -0.39 is 0 Å². The van der Waals surface area contributed by atoms with E-state index >= 15 is 0 Å². The van der Waals surface area contributed by atoms with E-state index in [0.717, 1.165) is 17.8 Å². The SMILES string of the molecule is CCCCC(C)C(C)CCCCCC(C)CC.